The number of nitrogens with two attached hydrogens (primary N) is 1. The van der Waals surface area contributed by atoms with Crippen molar-refractivity contribution in [2.75, 3.05) is 26.2 Å². The molecule has 0 radical (unpaired) electrons. The Labute approximate surface area is 234 Å². The number of hydrogen-bond acceptors (Lipinski definition) is 6. The van der Waals surface area contributed by atoms with Crippen LogP contribution in [0.4, 0.5) is 8.78 Å². The smallest absolute Gasteiger partial charge is 0.225 e. The van der Waals surface area contributed by atoms with E-state index < -0.39 is 35.7 Å². The molecule has 0 aromatic heterocycles. The molecule has 0 spiro atoms. The van der Waals surface area contributed by atoms with Gasteiger partial charge in [0, 0.05) is 38.2 Å². The van der Waals surface area contributed by atoms with Crippen LogP contribution in [0.1, 0.15) is 43.2 Å². The van der Waals surface area contributed by atoms with E-state index in [9.17, 15) is 23.5 Å². The number of unbranched alkanes of at least 4 members (excludes halogenated alkanes) is 2. The first kappa shape index (κ1) is 30.0. The van der Waals surface area contributed by atoms with Crippen molar-refractivity contribution in [3.63, 3.8) is 0 Å². The minimum absolute atomic E-state index is 0.0266. The van der Waals surface area contributed by atoms with Crippen LogP contribution in [0, 0.1) is 17.6 Å². The van der Waals surface area contributed by atoms with Gasteiger partial charge in [-0.15, -0.1) is 0 Å². The van der Waals surface area contributed by atoms with Gasteiger partial charge in [-0.05, 0) is 55.5 Å². The van der Waals surface area contributed by atoms with Crippen LogP contribution in [0.2, 0.25) is 0 Å². The van der Waals surface area contributed by atoms with E-state index in [0.29, 0.717) is 44.8 Å². The number of carbonyl (C=O) groups excluding carboxylic acids is 2. The molecular weight excluding hydrogens is 518 g/mol. The predicted octanol–water partition coefficient (Wildman–Crippen LogP) is 2.28. The van der Waals surface area contributed by atoms with Crippen LogP contribution < -0.4 is 16.4 Å². The first-order chi connectivity index (χ1) is 19.3. The largest absolute Gasteiger partial charge is 0.389 e. The molecule has 2 heterocycles. The average molecular weight is 559 g/mol. The molecule has 0 bridgehead atoms. The molecule has 5 atom stereocenters. The Morgan fingerprint density at radius 3 is 2.60 bits per heavy atom. The van der Waals surface area contributed by atoms with Gasteiger partial charge in [-0.25, -0.2) is 8.78 Å². The second-order valence-corrected chi connectivity index (χ2v) is 10.8. The van der Waals surface area contributed by atoms with Gasteiger partial charge >= 0.3 is 0 Å². The molecule has 2 saturated heterocycles. The zero-order chi connectivity index (χ0) is 28.5. The van der Waals surface area contributed by atoms with Crippen molar-refractivity contribution in [2.45, 2.75) is 69.4 Å². The molecule has 218 valence electrons. The van der Waals surface area contributed by atoms with Gasteiger partial charge in [-0.3, -0.25) is 9.59 Å². The van der Waals surface area contributed by atoms with Gasteiger partial charge < -0.3 is 31.1 Å². The van der Waals surface area contributed by atoms with Gasteiger partial charge in [0.25, 0.3) is 0 Å². The maximum Gasteiger partial charge on any atom is 0.225 e. The summed E-state index contributed by atoms with van der Waals surface area (Å²) < 4.78 is 33.9. The Bertz CT molecular complexity index is 1100. The second kappa shape index (κ2) is 14.6. The molecule has 40 heavy (non-hydrogen) atoms. The number of likely N-dealkylation sites (tertiary alicyclic amines) is 1. The summed E-state index contributed by atoms with van der Waals surface area (Å²) in [6, 6.07) is 11.7. The molecule has 2 fully saturated rings. The lowest BCUT2D eigenvalue weighted by Gasteiger charge is -2.29. The van der Waals surface area contributed by atoms with E-state index in [1.807, 2.05) is 30.3 Å². The zero-order valence-electron chi connectivity index (χ0n) is 22.7. The fourth-order valence-electron chi connectivity index (χ4n) is 5.52. The summed E-state index contributed by atoms with van der Waals surface area (Å²) in [5, 5.41) is 17.5. The number of aliphatic hydroxyl groups is 1. The minimum atomic E-state index is -1.05. The van der Waals surface area contributed by atoms with Crippen molar-refractivity contribution in [2.24, 2.45) is 11.7 Å². The monoisotopic (exact) mass is 558 g/mol. The van der Waals surface area contributed by atoms with Crippen molar-refractivity contribution in [1.29, 1.82) is 0 Å². The summed E-state index contributed by atoms with van der Waals surface area (Å²) >= 11 is 0. The molecule has 0 aliphatic carbocycles. The number of nitrogens with one attached hydrogen (secondary N) is 2. The van der Waals surface area contributed by atoms with Crippen LogP contribution in [0.15, 0.2) is 48.5 Å². The number of aliphatic hydroxyl groups excluding tert-OH is 1. The Balaban J connectivity index is 1.39. The number of rotatable bonds is 14. The van der Waals surface area contributed by atoms with Crippen LogP contribution in [-0.2, 0) is 27.4 Å². The van der Waals surface area contributed by atoms with E-state index in [1.54, 1.807) is 4.90 Å². The molecule has 2 aromatic rings. The third kappa shape index (κ3) is 8.54. The maximum absolute atomic E-state index is 13.9. The quantitative estimate of drug-likeness (QED) is 0.265. The highest BCUT2D eigenvalue weighted by Crippen LogP contribution is 2.23. The van der Waals surface area contributed by atoms with E-state index in [0.717, 1.165) is 30.9 Å². The number of ether oxygens (including phenoxy) is 1. The van der Waals surface area contributed by atoms with Gasteiger partial charge in [0.1, 0.15) is 11.6 Å². The number of nitrogens with zero attached hydrogens (tertiary/aromatic N) is 1. The fourth-order valence-corrected chi connectivity index (χ4v) is 5.52. The summed E-state index contributed by atoms with van der Waals surface area (Å²) in [5.41, 5.74) is 6.91. The summed E-state index contributed by atoms with van der Waals surface area (Å²) in [4.78, 5) is 27.5. The van der Waals surface area contributed by atoms with Crippen LogP contribution >= 0.6 is 0 Å². The standard InChI is InChI=1S/C30H40F2N4O4/c31-23-11-21(12-24(32)15-23)13-27(35-30(39)22-14-28(37)36(18-22)10-6-2-5-9-33)29(38)26-16-25(17-34-26)40-19-20-7-3-1-4-8-20/h1,3-4,7-8,11-12,15,22,25-27,29,34,38H,2,5-6,9-10,13-14,16-19,33H2,(H,35,39)/t22?,25-,26-,27+,29-/m1/s1. The first-order valence-corrected chi connectivity index (χ1v) is 14.1. The van der Waals surface area contributed by atoms with Gasteiger partial charge in [-0.2, -0.15) is 0 Å². The molecule has 4 rings (SSSR count). The number of carbonyl (C=O) groups is 2. The summed E-state index contributed by atoms with van der Waals surface area (Å²) in [6.07, 6.45) is 2.07. The van der Waals surface area contributed by atoms with Crippen molar-refractivity contribution in [1.82, 2.24) is 15.5 Å². The molecule has 10 heteroatoms. The molecule has 2 aliphatic heterocycles. The van der Waals surface area contributed by atoms with Crippen molar-refractivity contribution < 1.29 is 28.2 Å². The first-order valence-electron chi connectivity index (χ1n) is 14.1. The van der Waals surface area contributed by atoms with E-state index in [4.69, 9.17) is 10.5 Å². The normalized spacial score (nSPS) is 22.4. The fraction of sp³-hybridized carbons (Fsp3) is 0.533. The number of benzene rings is 2. The van der Waals surface area contributed by atoms with Gasteiger partial charge in [-0.1, -0.05) is 36.8 Å². The van der Waals surface area contributed by atoms with Crippen molar-refractivity contribution in [3.8, 4) is 0 Å². The molecule has 1 unspecified atom stereocenters. The third-order valence-corrected chi connectivity index (χ3v) is 7.70. The average Bonchev–Trinajstić information content (AvgIpc) is 3.56. The van der Waals surface area contributed by atoms with Gasteiger partial charge in [0.2, 0.25) is 11.8 Å². The number of amides is 2. The Hall–Kier alpha value is -2.92. The zero-order valence-corrected chi connectivity index (χ0v) is 22.7. The Morgan fingerprint density at radius 2 is 1.88 bits per heavy atom. The Morgan fingerprint density at radius 1 is 1.12 bits per heavy atom. The lowest BCUT2D eigenvalue weighted by molar-refractivity contribution is -0.129. The van der Waals surface area contributed by atoms with Gasteiger partial charge in [0.05, 0.1) is 30.8 Å². The molecule has 5 N–H and O–H groups in total. The van der Waals surface area contributed by atoms with E-state index in [-0.39, 0.29) is 30.8 Å². The van der Waals surface area contributed by atoms with E-state index >= 15 is 0 Å². The highest BCUT2D eigenvalue weighted by Gasteiger charge is 2.38. The van der Waals surface area contributed by atoms with Crippen LogP contribution in [0.25, 0.3) is 0 Å². The van der Waals surface area contributed by atoms with Crippen molar-refractivity contribution in [3.05, 3.63) is 71.3 Å². The lowest BCUT2D eigenvalue weighted by atomic mass is 9.94. The highest BCUT2D eigenvalue weighted by atomic mass is 19.1. The highest BCUT2D eigenvalue weighted by molar-refractivity contribution is 5.89. The van der Waals surface area contributed by atoms with Crippen LogP contribution in [-0.4, -0.2) is 72.3 Å². The summed E-state index contributed by atoms with van der Waals surface area (Å²) in [7, 11) is 0. The third-order valence-electron chi connectivity index (χ3n) is 7.70. The second-order valence-electron chi connectivity index (χ2n) is 10.8. The summed E-state index contributed by atoms with van der Waals surface area (Å²) in [5.74, 6) is -2.44. The lowest BCUT2D eigenvalue weighted by Crippen LogP contribution is -2.53. The summed E-state index contributed by atoms with van der Waals surface area (Å²) in [6.45, 7) is 2.46. The van der Waals surface area contributed by atoms with Crippen LogP contribution in [0.3, 0.4) is 0 Å². The Kier molecular flexibility index (Phi) is 11.0. The molecule has 0 saturated carbocycles. The maximum atomic E-state index is 13.9. The topological polar surface area (TPSA) is 117 Å². The molecule has 2 aromatic carbocycles. The molecule has 8 nitrogen and oxygen atoms in total. The predicted molar refractivity (Wildman–Crippen MR) is 147 cm³/mol. The van der Waals surface area contributed by atoms with Gasteiger partial charge in [0.15, 0.2) is 0 Å². The SMILES string of the molecule is NCCCCCN1CC(C(=O)N[C@@H](Cc2cc(F)cc(F)c2)[C@H](O)[C@H]2C[C@@H](OCc3ccccc3)CN2)CC1=O. The molecular formula is C30H40F2N4O4. The van der Waals surface area contributed by atoms with Crippen LogP contribution in [0.5, 0.6) is 0 Å². The minimum Gasteiger partial charge on any atom is -0.389 e. The number of hydrogen-bond donors (Lipinski definition) is 4. The molecule has 2 aliphatic rings. The van der Waals surface area contributed by atoms with Crippen molar-refractivity contribution >= 4 is 11.8 Å². The number of halogens is 2. The molecule has 2 amide bonds. The van der Waals surface area contributed by atoms with E-state index in [1.165, 1.54) is 12.1 Å². The van der Waals surface area contributed by atoms with E-state index in [2.05, 4.69) is 10.6 Å².